The maximum atomic E-state index is 10.7. The molecule has 0 saturated carbocycles. The Morgan fingerprint density at radius 2 is 2.00 bits per heavy atom. The average molecular weight is 282 g/mol. The third-order valence-electron chi connectivity index (χ3n) is 3.39. The highest BCUT2D eigenvalue weighted by atomic mass is 28.4. The van der Waals surface area contributed by atoms with E-state index in [0.717, 1.165) is 5.56 Å². The van der Waals surface area contributed by atoms with E-state index in [2.05, 4.69) is 38.8 Å². The van der Waals surface area contributed by atoms with E-state index in [9.17, 15) is 4.79 Å². The van der Waals surface area contributed by atoms with Gasteiger partial charge in [-0.15, -0.1) is 0 Å². The fraction of sp³-hybridized carbons (Fsp3) is 0.538. The average Bonchev–Trinajstić information content (AvgIpc) is 2.24. The van der Waals surface area contributed by atoms with Crippen molar-refractivity contribution in [3.63, 3.8) is 0 Å². The lowest BCUT2D eigenvalue weighted by atomic mass is 10.2. The van der Waals surface area contributed by atoms with Crippen LogP contribution in [0.5, 0.6) is 5.75 Å². The van der Waals surface area contributed by atoms with Crippen molar-refractivity contribution >= 4 is 14.4 Å². The van der Waals surface area contributed by atoms with Crippen molar-refractivity contribution in [2.45, 2.75) is 45.5 Å². The minimum atomic E-state index is -1.80. The van der Waals surface area contributed by atoms with E-state index in [1.165, 1.54) is 6.20 Å². The molecule has 0 unspecified atom stereocenters. The van der Waals surface area contributed by atoms with Gasteiger partial charge in [-0.1, -0.05) is 20.8 Å². The Bertz CT molecular complexity index is 455. The van der Waals surface area contributed by atoms with E-state index in [-0.39, 0.29) is 5.04 Å². The number of nitrogens with two attached hydrogens (primary N) is 1. The summed E-state index contributed by atoms with van der Waals surface area (Å²) in [6.07, 6.45) is 2.30. The summed E-state index contributed by atoms with van der Waals surface area (Å²) >= 11 is 0. The van der Waals surface area contributed by atoms with E-state index < -0.39 is 14.4 Å². The van der Waals surface area contributed by atoms with Crippen LogP contribution < -0.4 is 10.5 Å². The van der Waals surface area contributed by atoms with Crippen molar-refractivity contribution in [1.82, 2.24) is 4.98 Å². The number of carbonyl (C=O) groups is 1. The number of hydrogen-bond acceptors (Lipinski definition) is 4. The molecule has 0 atom stereocenters. The molecular weight excluding hydrogens is 260 g/mol. The zero-order chi connectivity index (χ0) is 14.7. The first-order valence-corrected chi connectivity index (χ1v) is 9.08. The van der Waals surface area contributed by atoms with E-state index in [1.807, 2.05) is 0 Å². The van der Waals surface area contributed by atoms with Gasteiger partial charge in [-0.05, 0) is 29.8 Å². The van der Waals surface area contributed by atoms with Crippen LogP contribution in [0.4, 0.5) is 4.79 Å². The Kier molecular flexibility index (Phi) is 4.70. The molecule has 0 aliphatic carbocycles. The van der Waals surface area contributed by atoms with Crippen LogP contribution in [0, 0.1) is 0 Å². The molecule has 5 nitrogen and oxygen atoms in total. The molecule has 0 bridgehead atoms. The minimum absolute atomic E-state index is 0.155. The summed E-state index contributed by atoms with van der Waals surface area (Å²) in [7, 11) is -1.80. The number of carbonyl (C=O) groups excluding carboxylic acids is 1. The van der Waals surface area contributed by atoms with E-state index >= 15 is 0 Å². The Hall–Kier alpha value is -1.40. The second-order valence-electron chi connectivity index (χ2n) is 6.00. The number of amides is 1. The zero-order valence-electron chi connectivity index (χ0n) is 12.2. The maximum Gasteiger partial charge on any atom is 0.410 e. The molecule has 1 rings (SSSR count). The van der Waals surface area contributed by atoms with Crippen LogP contribution in [0.15, 0.2) is 18.5 Å². The molecule has 0 aliphatic rings. The minimum Gasteiger partial charge on any atom is -0.412 e. The van der Waals surface area contributed by atoms with Gasteiger partial charge in [-0.25, -0.2) is 4.79 Å². The molecule has 0 aromatic carbocycles. The van der Waals surface area contributed by atoms with Crippen LogP contribution in [0.25, 0.3) is 0 Å². The Balaban J connectivity index is 2.71. The highest BCUT2D eigenvalue weighted by Crippen LogP contribution is 2.37. The van der Waals surface area contributed by atoms with Crippen molar-refractivity contribution in [3.05, 3.63) is 24.0 Å². The van der Waals surface area contributed by atoms with Crippen LogP contribution in [0.1, 0.15) is 26.3 Å². The molecule has 0 radical (unpaired) electrons. The smallest absolute Gasteiger partial charge is 0.410 e. The molecule has 0 saturated heterocycles. The molecule has 106 valence electrons. The summed E-state index contributed by atoms with van der Waals surface area (Å²) in [5, 5.41) is 0.155. The van der Waals surface area contributed by atoms with E-state index in [0.29, 0.717) is 12.4 Å². The van der Waals surface area contributed by atoms with Gasteiger partial charge in [0.15, 0.2) is 14.1 Å². The fourth-order valence-electron chi connectivity index (χ4n) is 1.19. The molecule has 1 heterocycles. The van der Waals surface area contributed by atoms with Gasteiger partial charge in [0.05, 0.1) is 12.8 Å². The third-order valence-corrected chi connectivity index (χ3v) is 7.87. The largest absolute Gasteiger partial charge is 0.412 e. The summed E-state index contributed by atoms with van der Waals surface area (Å²) in [6, 6.07) is 1.71. The topological polar surface area (TPSA) is 74.4 Å². The highest BCUT2D eigenvalue weighted by molar-refractivity contribution is 6.74. The van der Waals surface area contributed by atoms with Gasteiger partial charge in [0, 0.05) is 6.20 Å². The first kappa shape index (κ1) is 15.7. The predicted molar refractivity (Wildman–Crippen MR) is 76.4 cm³/mol. The monoisotopic (exact) mass is 282 g/mol. The Morgan fingerprint density at radius 1 is 1.37 bits per heavy atom. The van der Waals surface area contributed by atoms with Gasteiger partial charge in [0.1, 0.15) is 0 Å². The van der Waals surface area contributed by atoms with Gasteiger partial charge in [-0.2, -0.15) is 0 Å². The lowest BCUT2D eigenvalue weighted by Gasteiger charge is -2.36. The maximum absolute atomic E-state index is 10.7. The molecule has 6 heteroatoms. The van der Waals surface area contributed by atoms with Gasteiger partial charge in [-0.3, -0.25) is 4.98 Å². The molecule has 1 amide bonds. The number of primary amides is 1. The van der Waals surface area contributed by atoms with E-state index in [1.54, 1.807) is 12.3 Å². The van der Waals surface area contributed by atoms with Crippen LogP contribution >= 0.6 is 0 Å². The van der Waals surface area contributed by atoms with Crippen molar-refractivity contribution in [2.24, 2.45) is 5.73 Å². The zero-order valence-corrected chi connectivity index (χ0v) is 13.2. The SMILES string of the molecule is CC(C)(C)[Si](C)(C)OCc1cncc(OC(N)=O)c1. The molecular formula is C13H22N2O3Si. The number of aromatic nitrogens is 1. The third kappa shape index (κ3) is 4.64. The van der Waals surface area contributed by atoms with Gasteiger partial charge < -0.3 is 14.9 Å². The van der Waals surface area contributed by atoms with Gasteiger partial charge >= 0.3 is 6.09 Å². The highest BCUT2D eigenvalue weighted by Gasteiger charge is 2.37. The predicted octanol–water partition coefficient (Wildman–Crippen LogP) is 3.06. The fourth-order valence-corrected chi connectivity index (χ4v) is 2.16. The lowest BCUT2D eigenvalue weighted by molar-refractivity contribution is 0.210. The van der Waals surface area contributed by atoms with Gasteiger partial charge in [0.2, 0.25) is 0 Å². The summed E-state index contributed by atoms with van der Waals surface area (Å²) in [4.78, 5) is 14.7. The first-order chi connectivity index (χ1) is 8.62. The summed E-state index contributed by atoms with van der Waals surface area (Å²) in [5.41, 5.74) is 5.83. The summed E-state index contributed by atoms with van der Waals surface area (Å²) in [6.45, 7) is 11.4. The Labute approximate surface area is 115 Å². The number of ether oxygens (including phenoxy) is 1. The molecule has 1 aromatic heterocycles. The van der Waals surface area contributed by atoms with E-state index in [4.69, 9.17) is 14.9 Å². The van der Waals surface area contributed by atoms with Crippen LogP contribution in [-0.4, -0.2) is 19.4 Å². The molecule has 1 aromatic rings. The number of nitrogens with zero attached hydrogens (tertiary/aromatic N) is 1. The van der Waals surface area contributed by atoms with Crippen molar-refractivity contribution in [3.8, 4) is 5.75 Å². The molecule has 0 aliphatic heterocycles. The molecule has 2 N–H and O–H groups in total. The van der Waals surface area contributed by atoms with Crippen LogP contribution in [-0.2, 0) is 11.0 Å². The van der Waals surface area contributed by atoms with Crippen LogP contribution in [0.3, 0.4) is 0 Å². The molecule has 19 heavy (non-hydrogen) atoms. The second kappa shape index (κ2) is 5.71. The quantitative estimate of drug-likeness (QED) is 0.861. The number of hydrogen-bond donors (Lipinski definition) is 1. The summed E-state index contributed by atoms with van der Waals surface area (Å²) < 4.78 is 10.9. The van der Waals surface area contributed by atoms with Crippen molar-refractivity contribution < 1.29 is 14.0 Å². The molecule has 0 fully saturated rings. The van der Waals surface area contributed by atoms with Gasteiger partial charge in [0.25, 0.3) is 0 Å². The lowest BCUT2D eigenvalue weighted by Crippen LogP contribution is -2.40. The van der Waals surface area contributed by atoms with Crippen molar-refractivity contribution in [2.75, 3.05) is 0 Å². The first-order valence-electron chi connectivity index (χ1n) is 6.17. The van der Waals surface area contributed by atoms with Crippen molar-refractivity contribution in [1.29, 1.82) is 0 Å². The molecule has 0 spiro atoms. The number of rotatable bonds is 4. The second-order valence-corrected chi connectivity index (χ2v) is 10.8. The van der Waals surface area contributed by atoms with Crippen LogP contribution in [0.2, 0.25) is 18.1 Å². The normalized spacial score (nSPS) is 12.3. The Morgan fingerprint density at radius 3 is 2.53 bits per heavy atom. The summed E-state index contributed by atoms with van der Waals surface area (Å²) in [5.74, 6) is 0.337. The number of pyridine rings is 1. The standard InChI is InChI=1S/C13H22N2O3Si/c1-13(2,3)19(4,5)17-9-10-6-11(8-15-7-10)18-12(14)16/h6-8H,9H2,1-5H3,(H2,14,16).